The number of halogens is 2. The number of nitrogens with one attached hydrogen (secondary N) is 1. The van der Waals surface area contributed by atoms with E-state index in [2.05, 4.69) is 35.9 Å². The van der Waals surface area contributed by atoms with Crippen molar-refractivity contribution in [2.24, 2.45) is 10.3 Å². The minimum atomic E-state index is 0.192. The molecule has 2 aromatic carbocycles. The second-order valence-corrected chi connectivity index (χ2v) is 8.49. The Hall–Kier alpha value is -4.48. The van der Waals surface area contributed by atoms with Crippen LogP contribution in [-0.4, -0.2) is 56.8 Å². The number of nitrogens with zero attached hydrogens (tertiary/aromatic N) is 8. The zero-order valence-corrected chi connectivity index (χ0v) is 19.9. The average molecular weight is 522 g/mol. The number of hydrogen-bond acceptors (Lipinski definition) is 8. The predicted molar refractivity (Wildman–Crippen MR) is 133 cm³/mol. The van der Waals surface area contributed by atoms with Gasteiger partial charge in [0.1, 0.15) is 17.1 Å². The van der Waals surface area contributed by atoms with E-state index in [4.69, 9.17) is 23.2 Å². The molecule has 0 amide bonds. The van der Waals surface area contributed by atoms with Crippen molar-refractivity contribution in [1.82, 2.24) is 35.0 Å². The van der Waals surface area contributed by atoms with Crippen molar-refractivity contribution in [3.8, 4) is 11.4 Å². The molecule has 0 aliphatic carbocycles. The molecule has 0 unspecified atom stereocenters. The third-order valence-electron chi connectivity index (χ3n) is 5.29. The zero-order chi connectivity index (χ0) is 25.1. The van der Waals surface area contributed by atoms with Gasteiger partial charge in [-0.25, -0.2) is 9.36 Å². The van der Waals surface area contributed by atoms with Crippen molar-refractivity contribution in [3.63, 3.8) is 0 Å². The van der Waals surface area contributed by atoms with E-state index in [1.165, 1.54) is 0 Å². The maximum Gasteiger partial charge on any atom is 0.155 e. The first-order valence-corrected chi connectivity index (χ1v) is 11.3. The van der Waals surface area contributed by atoms with Gasteiger partial charge in [0, 0.05) is 22.2 Å². The van der Waals surface area contributed by atoms with Crippen LogP contribution in [0.5, 0.6) is 0 Å². The molecule has 5 aromatic rings. The molecule has 0 aliphatic rings. The van der Waals surface area contributed by atoms with Gasteiger partial charge in [0.05, 0.1) is 29.5 Å². The van der Waals surface area contributed by atoms with Crippen LogP contribution in [-0.2, 0) is 6.42 Å². The van der Waals surface area contributed by atoms with Gasteiger partial charge in [-0.15, -0.1) is 10.2 Å². The Morgan fingerprint density at radius 3 is 1.86 bits per heavy atom. The highest BCUT2D eigenvalue weighted by Gasteiger charge is 2.17. The van der Waals surface area contributed by atoms with E-state index in [-0.39, 0.29) is 12.1 Å². The molecule has 36 heavy (non-hydrogen) atoms. The van der Waals surface area contributed by atoms with Crippen LogP contribution in [0.15, 0.2) is 83.4 Å². The SMILES string of the molecule is O/N=C(\c1cn(-c2ccc(Cl)cc2)nn1)c1ccc(C/C(=N\O)c2cn(-c3ccc(Cl)cc3)nn2)[nH]1. The second kappa shape index (κ2) is 10.0. The van der Waals surface area contributed by atoms with Crippen molar-refractivity contribution in [3.05, 3.63) is 106 Å². The summed E-state index contributed by atoms with van der Waals surface area (Å²) < 4.78 is 3.10. The molecule has 11 nitrogen and oxygen atoms in total. The van der Waals surface area contributed by atoms with Crippen LogP contribution in [0.25, 0.3) is 11.4 Å². The summed E-state index contributed by atoms with van der Waals surface area (Å²) >= 11 is 11.9. The van der Waals surface area contributed by atoms with Gasteiger partial charge in [0.15, 0.2) is 5.71 Å². The summed E-state index contributed by atoms with van der Waals surface area (Å²) in [5, 5.41) is 43.7. The van der Waals surface area contributed by atoms with Crippen LogP contribution in [0, 0.1) is 0 Å². The average Bonchev–Trinajstić information content (AvgIpc) is 3.66. The normalized spacial score (nSPS) is 12.3. The highest BCUT2D eigenvalue weighted by molar-refractivity contribution is 6.30. The molecule has 0 saturated heterocycles. The monoisotopic (exact) mass is 521 g/mol. The number of aromatic nitrogens is 7. The summed E-state index contributed by atoms with van der Waals surface area (Å²) in [5.41, 5.74) is 3.92. The highest BCUT2D eigenvalue weighted by atomic mass is 35.5. The van der Waals surface area contributed by atoms with Gasteiger partial charge < -0.3 is 15.4 Å². The van der Waals surface area contributed by atoms with Gasteiger partial charge in [-0.3, -0.25) is 0 Å². The van der Waals surface area contributed by atoms with E-state index in [9.17, 15) is 10.4 Å². The quantitative estimate of drug-likeness (QED) is 0.167. The van der Waals surface area contributed by atoms with Gasteiger partial charge in [-0.1, -0.05) is 43.9 Å². The third kappa shape index (κ3) is 4.83. The Morgan fingerprint density at radius 2 is 1.31 bits per heavy atom. The molecule has 0 spiro atoms. The van der Waals surface area contributed by atoms with Crippen LogP contribution >= 0.6 is 23.2 Å². The van der Waals surface area contributed by atoms with Crippen molar-refractivity contribution >= 4 is 34.6 Å². The first-order valence-electron chi connectivity index (χ1n) is 10.5. The lowest BCUT2D eigenvalue weighted by Gasteiger charge is -2.01. The van der Waals surface area contributed by atoms with Crippen LogP contribution < -0.4 is 0 Å². The van der Waals surface area contributed by atoms with E-state index in [0.29, 0.717) is 38.5 Å². The number of aromatic amines is 1. The summed E-state index contributed by atoms with van der Waals surface area (Å²) in [4.78, 5) is 3.15. The lowest BCUT2D eigenvalue weighted by Crippen LogP contribution is -2.08. The van der Waals surface area contributed by atoms with Gasteiger partial charge in [0.25, 0.3) is 0 Å². The molecule has 0 radical (unpaired) electrons. The largest absolute Gasteiger partial charge is 0.411 e. The molecule has 3 aromatic heterocycles. The Kier molecular flexibility index (Phi) is 6.48. The van der Waals surface area contributed by atoms with Crippen LogP contribution in [0.3, 0.4) is 0 Å². The summed E-state index contributed by atoms with van der Waals surface area (Å²) in [5.74, 6) is 0. The molecular formula is C23H17Cl2N9O2. The van der Waals surface area contributed by atoms with Crippen LogP contribution in [0.1, 0.15) is 22.8 Å². The van der Waals surface area contributed by atoms with Crippen LogP contribution in [0.4, 0.5) is 0 Å². The molecule has 3 N–H and O–H groups in total. The van der Waals surface area contributed by atoms with E-state index in [1.54, 1.807) is 82.4 Å². The van der Waals surface area contributed by atoms with Gasteiger partial charge in [0.2, 0.25) is 0 Å². The summed E-state index contributed by atoms with van der Waals surface area (Å²) in [7, 11) is 0. The zero-order valence-electron chi connectivity index (χ0n) is 18.4. The first kappa shape index (κ1) is 23.3. The van der Waals surface area contributed by atoms with Crippen LogP contribution in [0.2, 0.25) is 10.0 Å². The molecule has 3 heterocycles. The number of rotatable bonds is 7. The molecule has 0 saturated carbocycles. The van der Waals surface area contributed by atoms with Gasteiger partial charge >= 0.3 is 0 Å². The second-order valence-electron chi connectivity index (χ2n) is 7.62. The lowest BCUT2D eigenvalue weighted by molar-refractivity contribution is 0.318. The van der Waals surface area contributed by atoms with Crippen molar-refractivity contribution in [1.29, 1.82) is 0 Å². The third-order valence-corrected chi connectivity index (χ3v) is 5.79. The Labute approximate surface area is 213 Å². The Balaban J connectivity index is 1.33. The molecule has 180 valence electrons. The van der Waals surface area contributed by atoms with Gasteiger partial charge in [-0.2, -0.15) is 0 Å². The molecule has 13 heteroatoms. The number of oxime groups is 2. The minimum absolute atomic E-state index is 0.192. The van der Waals surface area contributed by atoms with Crippen molar-refractivity contribution in [2.45, 2.75) is 6.42 Å². The fourth-order valence-corrected chi connectivity index (χ4v) is 3.74. The maximum atomic E-state index is 9.67. The topological polar surface area (TPSA) is 142 Å². The predicted octanol–water partition coefficient (Wildman–Crippen LogP) is 4.13. The summed E-state index contributed by atoms with van der Waals surface area (Å²) in [6, 6.07) is 17.7. The standard InChI is InChI=1S/C23H17Cl2N9O2/c24-14-1-6-17(7-2-14)33-12-21(27-31-33)20(29-35)11-16-5-10-19(26-16)23(30-36)22-13-34(32-28-22)18-8-3-15(25)4-9-18/h1-10,12-13,26,35-36H,11H2/b29-20+,30-23-. The van der Waals surface area contributed by atoms with Crippen molar-refractivity contribution < 1.29 is 10.4 Å². The molecule has 0 fully saturated rings. The molecule has 0 aliphatic heterocycles. The molecule has 0 bridgehead atoms. The number of H-pyrrole nitrogens is 1. The smallest absolute Gasteiger partial charge is 0.155 e. The lowest BCUT2D eigenvalue weighted by atomic mass is 10.1. The Bertz CT molecular complexity index is 1550. The fraction of sp³-hybridized carbons (Fsp3) is 0.0435. The van der Waals surface area contributed by atoms with Crippen molar-refractivity contribution in [2.75, 3.05) is 0 Å². The van der Waals surface area contributed by atoms with E-state index in [0.717, 1.165) is 11.4 Å². The Morgan fingerprint density at radius 1 is 0.750 bits per heavy atom. The van der Waals surface area contributed by atoms with E-state index >= 15 is 0 Å². The van der Waals surface area contributed by atoms with E-state index < -0.39 is 0 Å². The summed E-state index contributed by atoms with van der Waals surface area (Å²) in [6.07, 6.45) is 3.50. The number of benzene rings is 2. The van der Waals surface area contributed by atoms with E-state index in [1.807, 2.05) is 0 Å². The van der Waals surface area contributed by atoms with Gasteiger partial charge in [-0.05, 0) is 60.7 Å². The molecular weight excluding hydrogens is 505 g/mol. The first-order chi connectivity index (χ1) is 17.5. The number of hydrogen-bond donors (Lipinski definition) is 3. The summed E-state index contributed by atoms with van der Waals surface area (Å²) in [6.45, 7) is 0. The fourth-order valence-electron chi connectivity index (χ4n) is 3.49. The minimum Gasteiger partial charge on any atom is -0.411 e. The molecule has 5 rings (SSSR count). The molecule has 0 atom stereocenters. The maximum absolute atomic E-state index is 9.67. The highest BCUT2D eigenvalue weighted by Crippen LogP contribution is 2.16.